The lowest BCUT2D eigenvalue weighted by Crippen LogP contribution is -2.30. The maximum absolute atomic E-state index is 11.2. The molecule has 0 saturated carbocycles. The number of aryl methyl sites for hydroxylation is 1. The molecular formula is C7H13N3O. The summed E-state index contributed by atoms with van der Waals surface area (Å²) in [5.41, 5.74) is 5.52. The fourth-order valence-electron chi connectivity index (χ4n) is 0.960. The minimum absolute atomic E-state index is 0.0118. The monoisotopic (exact) mass is 155 g/mol. The number of aromatic nitrogens is 2. The van der Waals surface area contributed by atoms with Crippen molar-refractivity contribution in [2.24, 2.45) is 12.8 Å². The molecule has 0 radical (unpaired) electrons. The molecule has 62 valence electrons. The molecule has 0 fully saturated rings. The molecule has 11 heavy (non-hydrogen) atoms. The van der Waals surface area contributed by atoms with Crippen molar-refractivity contribution in [3.8, 4) is 0 Å². The van der Waals surface area contributed by atoms with Gasteiger partial charge in [-0.1, -0.05) is 0 Å². The highest BCUT2D eigenvalue weighted by Gasteiger charge is 2.00. The average molecular weight is 155 g/mol. The molecule has 1 aromatic heterocycles. The van der Waals surface area contributed by atoms with Crippen molar-refractivity contribution in [1.82, 2.24) is 9.13 Å². The van der Waals surface area contributed by atoms with Crippen LogP contribution in [0.1, 0.15) is 6.92 Å². The Morgan fingerprint density at radius 1 is 1.64 bits per heavy atom. The minimum atomic E-state index is -0.0118. The van der Waals surface area contributed by atoms with Crippen molar-refractivity contribution < 1.29 is 0 Å². The van der Waals surface area contributed by atoms with Gasteiger partial charge in [0.25, 0.3) is 0 Å². The molecule has 0 aliphatic carbocycles. The largest absolute Gasteiger partial charge is 0.327 e. The first-order valence-corrected chi connectivity index (χ1v) is 3.58. The third-order valence-electron chi connectivity index (χ3n) is 1.50. The van der Waals surface area contributed by atoms with Gasteiger partial charge < -0.3 is 10.3 Å². The van der Waals surface area contributed by atoms with Crippen LogP contribution in [0, 0.1) is 0 Å². The summed E-state index contributed by atoms with van der Waals surface area (Å²) in [6, 6.07) is 0.0232. The first-order chi connectivity index (χ1) is 5.11. The smallest absolute Gasteiger partial charge is 0.326 e. The van der Waals surface area contributed by atoms with Crippen LogP contribution in [0.25, 0.3) is 0 Å². The Hall–Kier alpha value is -1.03. The van der Waals surface area contributed by atoms with E-state index in [0.717, 1.165) is 0 Å². The SMILES string of the molecule is C[C@@H](N)Cn1ccn(C)c1=O. The molecule has 0 aromatic carbocycles. The summed E-state index contributed by atoms with van der Waals surface area (Å²) >= 11 is 0. The van der Waals surface area contributed by atoms with E-state index >= 15 is 0 Å². The molecule has 0 unspecified atom stereocenters. The molecular weight excluding hydrogens is 142 g/mol. The summed E-state index contributed by atoms with van der Waals surface area (Å²) in [6.45, 7) is 2.46. The van der Waals surface area contributed by atoms with Crippen molar-refractivity contribution in [3.63, 3.8) is 0 Å². The Balaban J connectivity index is 2.88. The number of nitrogens with zero attached hydrogens (tertiary/aromatic N) is 2. The topological polar surface area (TPSA) is 52.9 Å². The predicted octanol–water partition coefficient (Wildman–Crippen LogP) is -0.466. The number of hydrogen-bond acceptors (Lipinski definition) is 2. The Labute approximate surface area is 65.2 Å². The van der Waals surface area contributed by atoms with Gasteiger partial charge in [0.2, 0.25) is 0 Å². The normalized spacial score (nSPS) is 13.4. The first kappa shape index (κ1) is 8.07. The fourth-order valence-corrected chi connectivity index (χ4v) is 0.960. The van der Waals surface area contributed by atoms with Gasteiger partial charge in [-0.25, -0.2) is 4.79 Å². The van der Waals surface area contributed by atoms with Gasteiger partial charge in [-0.3, -0.25) is 4.57 Å². The molecule has 1 aromatic rings. The standard InChI is InChI=1S/C7H13N3O/c1-6(8)5-10-4-3-9(2)7(10)11/h3-4,6H,5,8H2,1-2H3/t6-/m1/s1. The van der Waals surface area contributed by atoms with Crippen LogP contribution in [0.3, 0.4) is 0 Å². The summed E-state index contributed by atoms with van der Waals surface area (Å²) < 4.78 is 3.13. The van der Waals surface area contributed by atoms with E-state index < -0.39 is 0 Å². The maximum atomic E-state index is 11.2. The molecule has 1 heterocycles. The lowest BCUT2D eigenvalue weighted by Gasteiger charge is -2.03. The molecule has 1 atom stereocenters. The molecule has 0 aliphatic heterocycles. The first-order valence-electron chi connectivity index (χ1n) is 3.58. The van der Waals surface area contributed by atoms with Gasteiger partial charge in [-0.15, -0.1) is 0 Å². The quantitative estimate of drug-likeness (QED) is 0.628. The van der Waals surface area contributed by atoms with E-state index in [-0.39, 0.29) is 11.7 Å². The Kier molecular flexibility index (Phi) is 2.14. The van der Waals surface area contributed by atoms with Crippen LogP contribution in [0.5, 0.6) is 0 Å². The zero-order valence-corrected chi connectivity index (χ0v) is 6.82. The number of imidazole rings is 1. The van der Waals surface area contributed by atoms with Gasteiger partial charge in [0.05, 0.1) is 0 Å². The van der Waals surface area contributed by atoms with E-state index in [1.54, 1.807) is 24.0 Å². The van der Waals surface area contributed by atoms with Gasteiger partial charge in [-0.2, -0.15) is 0 Å². The van der Waals surface area contributed by atoms with Crippen molar-refractivity contribution in [1.29, 1.82) is 0 Å². The second kappa shape index (κ2) is 2.92. The third-order valence-corrected chi connectivity index (χ3v) is 1.50. The van der Waals surface area contributed by atoms with Crippen molar-refractivity contribution >= 4 is 0 Å². The van der Waals surface area contributed by atoms with Crippen LogP contribution >= 0.6 is 0 Å². The van der Waals surface area contributed by atoms with Crippen LogP contribution in [0.15, 0.2) is 17.2 Å². The van der Waals surface area contributed by atoms with Crippen LogP contribution in [-0.2, 0) is 13.6 Å². The molecule has 4 nitrogen and oxygen atoms in total. The van der Waals surface area contributed by atoms with Gasteiger partial charge >= 0.3 is 5.69 Å². The Bertz CT molecular complexity index is 284. The van der Waals surface area contributed by atoms with E-state index in [1.165, 1.54) is 4.57 Å². The van der Waals surface area contributed by atoms with Gasteiger partial charge in [0.1, 0.15) is 0 Å². The minimum Gasteiger partial charge on any atom is -0.326 e. The molecule has 0 saturated heterocycles. The molecule has 4 heteroatoms. The lowest BCUT2D eigenvalue weighted by molar-refractivity contribution is 0.566. The molecule has 0 amide bonds. The highest BCUT2D eigenvalue weighted by Crippen LogP contribution is 1.84. The van der Waals surface area contributed by atoms with Crippen molar-refractivity contribution in [3.05, 3.63) is 22.9 Å². The zero-order valence-electron chi connectivity index (χ0n) is 6.82. The van der Waals surface area contributed by atoms with E-state index in [4.69, 9.17) is 5.73 Å². The highest BCUT2D eigenvalue weighted by atomic mass is 16.1. The number of rotatable bonds is 2. The summed E-state index contributed by atoms with van der Waals surface area (Å²) in [6.07, 6.45) is 3.47. The average Bonchev–Trinajstić information content (AvgIpc) is 2.18. The number of hydrogen-bond donors (Lipinski definition) is 1. The van der Waals surface area contributed by atoms with E-state index in [2.05, 4.69) is 0 Å². The van der Waals surface area contributed by atoms with Gasteiger partial charge in [-0.05, 0) is 6.92 Å². The van der Waals surface area contributed by atoms with Crippen LogP contribution in [0.2, 0.25) is 0 Å². The van der Waals surface area contributed by atoms with Crippen molar-refractivity contribution in [2.45, 2.75) is 19.5 Å². The van der Waals surface area contributed by atoms with Crippen LogP contribution in [-0.4, -0.2) is 15.2 Å². The second-order valence-corrected chi connectivity index (χ2v) is 2.82. The predicted molar refractivity (Wildman–Crippen MR) is 43.3 cm³/mol. The number of nitrogens with two attached hydrogens (primary N) is 1. The van der Waals surface area contributed by atoms with E-state index in [1.807, 2.05) is 6.92 Å². The summed E-state index contributed by atoms with van der Waals surface area (Å²) in [7, 11) is 1.72. The summed E-state index contributed by atoms with van der Waals surface area (Å²) in [5.74, 6) is 0. The zero-order chi connectivity index (χ0) is 8.43. The highest BCUT2D eigenvalue weighted by molar-refractivity contribution is 4.80. The lowest BCUT2D eigenvalue weighted by atomic mass is 10.4. The van der Waals surface area contributed by atoms with Crippen LogP contribution in [0.4, 0.5) is 0 Å². The Morgan fingerprint density at radius 3 is 2.64 bits per heavy atom. The molecule has 1 rings (SSSR count). The summed E-state index contributed by atoms with van der Waals surface area (Å²) in [4.78, 5) is 11.2. The fraction of sp³-hybridized carbons (Fsp3) is 0.571. The molecule has 0 bridgehead atoms. The Morgan fingerprint density at radius 2 is 2.27 bits per heavy atom. The van der Waals surface area contributed by atoms with E-state index in [9.17, 15) is 4.79 Å². The molecule has 2 N–H and O–H groups in total. The summed E-state index contributed by atoms with van der Waals surface area (Å²) in [5, 5.41) is 0. The second-order valence-electron chi connectivity index (χ2n) is 2.82. The van der Waals surface area contributed by atoms with Crippen LogP contribution < -0.4 is 11.4 Å². The van der Waals surface area contributed by atoms with Gasteiger partial charge in [0.15, 0.2) is 0 Å². The molecule has 0 aliphatic rings. The van der Waals surface area contributed by atoms with Gasteiger partial charge in [0, 0.05) is 32.0 Å². The van der Waals surface area contributed by atoms with Crippen molar-refractivity contribution in [2.75, 3.05) is 0 Å². The molecule has 0 spiro atoms. The maximum Gasteiger partial charge on any atom is 0.327 e. The van der Waals surface area contributed by atoms with E-state index in [0.29, 0.717) is 6.54 Å². The third kappa shape index (κ3) is 1.71.